The van der Waals surface area contributed by atoms with E-state index in [2.05, 4.69) is 25.8 Å². The van der Waals surface area contributed by atoms with Crippen LogP contribution in [-0.4, -0.2) is 56.3 Å². The number of fused-ring (bicyclic) bond motifs is 3. The second-order valence-electron chi connectivity index (χ2n) is 9.11. The van der Waals surface area contributed by atoms with Gasteiger partial charge >= 0.3 is 0 Å². The first-order valence-electron chi connectivity index (χ1n) is 11.1. The number of pyridine rings is 2. The van der Waals surface area contributed by atoms with Gasteiger partial charge in [0.25, 0.3) is 0 Å². The smallest absolute Gasteiger partial charge is 0.216 e. The molecular weight excluding hydrogens is 426 g/mol. The molecule has 9 nitrogen and oxygen atoms in total. The molecule has 170 valence electrons. The minimum absolute atomic E-state index is 0.0522. The highest BCUT2D eigenvalue weighted by Crippen LogP contribution is 2.40. The molecule has 2 fully saturated rings. The molecule has 3 aromatic heterocycles. The Labute approximate surface area is 188 Å². The quantitative estimate of drug-likeness (QED) is 0.520. The summed E-state index contributed by atoms with van der Waals surface area (Å²) in [6.07, 6.45) is 5.17. The molecule has 2 saturated heterocycles. The van der Waals surface area contributed by atoms with E-state index < -0.39 is 10.0 Å². The molecule has 0 aliphatic carbocycles. The average molecular weight is 456 g/mol. The standard InChI is InChI=1S/C22H29N7O2S/c1-13(2)32(30,31)29-16-6-7-17(29)11-15(10-16)24-22-18-5-4-8-23-19(18)12-20(26-22)25-21-9-14(3)27-28-21/h4-5,8-9,12-13,15-17H,6-7,10-11H2,1-3H3,(H3,24,25,26,27,28)/t15?,16-,17+. The molecule has 0 spiro atoms. The molecule has 3 aromatic rings. The van der Waals surface area contributed by atoms with Crippen molar-refractivity contribution >= 4 is 38.4 Å². The zero-order chi connectivity index (χ0) is 22.5. The highest BCUT2D eigenvalue weighted by atomic mass is 32.2. The third-order valence-electron chi connectivity index (χ3n) is 6.46. The summed E-state index contributed by atoms with van der Waals surface area (Å²) < 4.78 is 27.5. The van der Waals surface area contributed by atoms with E-state index in [0.717, 1.165) is 48.1 Å². The van der Waals surface area contributed by atoms with Gasteiger partial charge in [-0.3, -0.25) is 10.1 Å². The number of aryl methyl sites for hydroxylation is 1. The number of rotatable bonds is 6. The van der Waals surface area contributed by atoms with Crippen molar-refractivity contribution in [1.29, 1.82) is 0 Å². The van der Waals surface area contributed by atoms with Crippen LogP contribution in [0.15, 0.2) is 30.5 Å². The maximum Gasteiger partial charge on any atom is 0.216 e. The van der Waals surface area contributed by atoms with Crippen LogP contribution in [0.2, 0.25) is 0 Å². The molecule has 5 rings (SSSR count). The van der Waals surface area contributed by atoms with Gasteiger partial charge in [0, 0.05) is 47.5 Å². The van der Waals surface area contributed by atoms with E-state index in [1.54, 1.807) is 24.3 Å². The lowest BCUT2D eigenvalue weighted by Crippen LogP contribution is -2.51. The Morgan fingerprint density at radius 3 is 2.56 bits per heavy atom. The molecule has 32 heavy (non-hydrogen) atoms. The van der Waals surface area contributed by atoms with Gasteiger partial charge < -0.3 is 10.6 Å². The van der Waals surface area contributed by atoms with E-state index in [1.165, 1.54) is 0 Å². The van der Waals surface area contributed by atoms with Crippen molar-refractivity contribution in [1.82, 2.24) is 24.5 Å². The monoisotopic (exact) mass is 455 g/mol. The number of aromatic nitrogens is 4. The number of nitrogens with zero attached hydrogens (tertiary/aromatic N) is 4. The lowest BCUT2D eigenvalue weighted by molar-refractivity contribution is 0.233. The van der Waals surface area contributed by atoms with Crippen LogP contribution in [-0.2, 0) is 10.0 Å². The fourth-order valence-electron chi connectivity index (χ4n) is 4.97. The second-order valence-corrected chi connectivity index (χ2v) is 11.5. The van der Waals surface area contributed by atoms with Gasteiger partial charge in [0.05, 0.1) is 10.8 Å². The molecule has 2 aliphatic heterocycles. The number of hydrogen-bond donors (Lipinski definition) is 3. The van der Waals surface area contributed by atoms with E-state index in [4.69, 9.17) is 4.98 Å². The van der Waals surface area contributed by atoms with E-state index in [-0.39, 0.29) is 23.4 Å². The average Bonchev–Trinajstić information content (AvgIpc) is 3.28. The van der Waals surface area contributed by atoms with Crippen molar-refractivity contribution in [3.8, 4) is 0 Å². The maximum absolute atomic E-state index is 12.9. The van der Waals surface area contributed by atoms with E-state index >= 15 is 0 Å². The number of hydrogen-bond acceptors (Lipinski definition) is 7. The number of H-pyrrole nitrogens is 1. The molecule has 0 radical (unpaired) electrons. The zero-order valence-electron chi connectivity index (χ0n) is 18.5. The fourth-order valence-corrected chi connectivity index (χ4v) is 6.67. The third-order valence-corrected chi connectivity index (χ3v) is 8.83. The summed E-state index contributed by atoms with van der Waals surface area (Å²) in [6.45, 7) is 5.48. The van der Waals surface area contributed by atoms with Gasteiger partial charge in [-0.25, -0.2) is 13.4 Å². The van der Waals surface area contributed by atoms with Crippen LogP contribution in [0.3, 0.4) is 0 Å². The first-order chi connectivity index (χ1) is 15.3. The van der Waals surface area contributed by atoms with Crippen molar-refractivity contribution in [2.75, 3.05) is 10.6 Å². The van der Waals surface area contributed by atoms with Crippen molar-refractivity contribution in [3.05, 3.63) is 36.2 Å². The molecule has 0 amide bonds. The van der Waals surface area contributed by atoms with Crippen LogP contribution in [0.25, 0.3) is 10.9 Å². The molecule has 0 aromatic carbocycles. The molecule has 2 aliphatic rings. The lowest BCUT2D eigenvalue weighted by Gasteiger charge is -2.39. The summed E-state index contributed by atoms with van der Waals surface area (Å²) in [4.78, 5) is 9.33. The fraction of sp³-hybridized carbons (Fsp3) is 0.500. The highest BCUT2D eigenvalue weighted by molar-refractivity contribution is 7.89. The molecule has 3 N–H and O–H groups in total. The molecule has 1 unspecified atom stereocenters. The lowest BCUT2D eigenvalue weighted by atomic mass is 9.99. The summed E-state index contributed by atoms with van der Waals surface area (Å²) in [5, 5.41) is 14.6. The molecule has 0 saturated carbocycles. The predicted octanol–water partition coefficient (Wildman–Crippen LogP) is 3.55. The Kier molecular flexibility index (Phi) is 5.29. The van der Waals surface area contributed by atoms with Gasteiger partial charge in [-0.2, -0.15) is 9.40 Å². The first-order valence-corrected chi connectivity index (χ1v) is 12.7. The Morgan fingerprint density at radius 2 is 1.91 bits per heavy atom. The molecule has 3 atom stereocenters. The Bertz CT molecular complexity index is 1230. The number of piperidine rings is 1. The molecular formula is C22H29N7O2S. The SMILES string of the molecule is Cc1cc(Nc2cc3ncccc3c(NC3C[C@H]4CC[C@@H](C3)N4S(=O)(=O)C(C)C)n2)n[nH]1. The van der Waals surface area contributed by atoms with Gasteiger partial charge in [0.2, 0.25) is 10.0 Å². The van der Waals surface area contributed by atoms with Crippen LogP contribution in [0.4, 0.5) is 17.5 Å². The van der Waals surface area contributed by atoms with Crippen molar-refractivity contribution in [2.24, 2.45) is 0 Å². The Morgan fingerprint density at radius 1 is 1.16 bits per heavy atom. The number of nitrogens with one attached hydrogen (secondary N) is 3. The Balaban J connectivity index is 1.41. The van der Waals surface area contributed by atoms with Crippen LogP contribution in [0.5, 0.6) is 0 Å². The van der Waals surface area contributed by atoms with Crippen LogP contribution in [0, 0.1) is 6.92 Å². The zero-order valence-corrected chi connectivity index (χ0v) is 19.4. The van der Waals surface area contributed by atoms with Gasteiger partial charge in [0.1, 0.15) is 11.6 Å². The number of sulfonamides is 1. The maximum atomic E-state index is 12.9. The molecule has 2 bridgehead atoms. The predicted molar refractivity (Wildman–Crippen MR) is 125 cm³/mol. The summed E-state index contributed by atoms with van der Waals surface area (Å²) in [7, 11) is -3.25. The van der Waals surface area contributed by atoms with Crippen LogP contribution >= 0.6 is 0 Å². The largest absolute Gasteiger partial charge is 0.367 e. The summed E-state index contributed by atoms with van der Waals surface area (Å²) in [5.74, 6) is 2.12. The molecule has 5 heterocycles. The summed E-state index contributed by atoms with van der Waals surface area (Å²) in [6, 6.07) is 8.00. The van der Waals surface area contributed by atoms with Crippen LogP contribution < -0.4 is 10.6 Å². The Hall–Kier alpha value is -2.72. The van der Waals surface area contributed by atoms with Crippen molar-refractivity contribution < 1.29 is 8.42 Å². The summed E-state index contributed by atoms with van der Waals surface area (Å²) >= 11 is 0. The van der Waals surface area contributed by atoms with Crippen molar-refractivity contribution in [3.63, 3.8) is 0 Å². The highest BCUT2D eigenvalue weighted by Gasteiger charge is 2.47. The molecule has 10 heteroatoms. The van der Waals surface area contributed by atoms with E-state index in [1.807, 2.05) is 31.2 Å². The topological polar surface area (TPSA) is 116 Å². The second kappa shape index (κ2) is 8.00. The van der Waals surface area contributed by atoms with Crippen LogP contribution in [0.1, 0.15) is 45.2 Å². The third kappa shape index (κ3) is 3.81. The minimum Gasteiger partial charge on any atom is -0.367 e. The van der Waals surface area contributed by atoms with Gasteiger partial charge in [-0.1, -0.05) is 0 Å². The number of aromatic amines is 1. The van der Waals surface area contributed by atoms with E-state index in [9.17, 15) is 8.42 Å². The van der Waals surface area contributed by atoms with Gasteiger partial charge in [0.15, 0.2) is 5.82 Å². The van der Waals surface area contributed by atoms with E-state index in [0.29, 0.717) is 11.6 Å². The number of anilines is 3. The van der Waals surface area contributed by atoms with Gasteiger partial charge in [-0.05, 0) is 58.6 Å². The first kappa shape index (κ1) is 21.1. The normalized spacial score (nSPS) is 23.7. The summed E-state index contributed by atoms with van der Waals surface area (Å²) in [5.41, 5.74) is 1.80. The van der Waals surface area contributed by atoms with Crippen molar-refractivity contribution in [2.45, 2.75) is 69.8 Å². The van der Waals surface area contributed by atoms with Gasteiger partial charge in [-0.15, -0.1) is 0 Å². The minimum atomic E-state index is -3.25.